The van der Waals surface area contributed by atoms with Gasteiger partial charge in [0.05, 0.1) is 11.0 Å². The molecule has 0 aliphatic carbocycles. The molecule has 0 spiro atoms. The van der Waals surface area contributed by atoms with Gasteiger partial charge in [0.1, 0.15) is 5.82 Å². The molecule has 1 saturated heterocycles. The van der Waals surface area contributed by atoms with Crippen LogP contribution in [0.3, 0.4) is 0 Å². The maximum atomic E-state index is 12.1. The van der Waals surface area contributed by atoms with Crippen molar-refractivity contribution in [1.29, 1.82) is 0 Å². The average molecular weight is 413 g/mol. The zero-order valence-electron chi connectivity index (χ0n) is 18.5. The third kappa shape index (κ3) is 6.21. The summed E-state index contributed by atoms with van der Waals surface area (Å²) in [6.07, 6.45) is 5.94. The lowest BCUT2D eigenvalue weighted by atomic mass is 10.2. The molecule has 0 unspecified atom stereocenters. The van der Waals surface area contributed by atoms with Gasteiger partial charge < -0.3 is 20.1 Å². The van der Waals surface area contributed by atoms with Crippen LogP contribution in [0.1, 0.15) is 51.3 Å². The number of guanidine groups is 1. The van der Waals surface area contributed by atoms with Crippen molar-refractivity contribution in [1.82, 2.24) is 25.1 Å². The van der Waals surface area contributed by atoms with Crippen LogP contribution in [0.2, 0.25) is 0 Å². The smallest absolute Gasteiger partial charge is 0.222 e. The fraction of sp³-hybridized carbons (Fsp3) is 0.609. The lowest BCUT2D eigenvalue weighted by molar-refractivity contribution is -0.130. The second-order valence-corrected chi connectivity index (χ2v) is 7.89. The van der Waals surface area contributed by atoms with Gasteiger partial charge in [0.15, 0.2) is 5.96 Å². The third-order valence-corrected chi connectivity index (χ3v) is 5.57. The maximum Gasteiger partial charge on any atom is 0.222 e. The first-order valence-electron chi connectivity index (χ1n) is 11.4. The van der Waals surface area contributed by atoms with Gasteiger partial charge in [-0.1, -0.05) is 18.6 Å². The van der Waals surface area contributed by atoms with Crippen LogP contribution in [0.5, 0.6) is 0 Å². The molecule has 0 saturated carbocycles. The van der Waals surface area contributed by atoms with E-state index in [1.165, 1.54) is 11.9 Å². The van der Waals surface area contributed by atoms with Crippen molar-refractivity contribution < 1.29 is 4.79 Å². The van der Waals surface area contributed by atoms with E-state index in [0.29, 0.717) is 12.3 Å². The van der Waals surface area contributed by atoms with Crippen LogP contribution in [0, 0.1) is 6.92 Å². The molecule has 1 fully saturated rings. The Morgan fingerprint density at radius 1 is 1.13 bits per heavy atom. The molecule has 1 aliphatic rings. The predicted octanol–water partition coefficient (Wildman–Crippen LogP) is 3.08. The molecule has 2 aromatic rings. The minimum Gasteiger partial charge on any atom is -0.357 e. The Hall–Kier alpha value is -2.57. The molecule has 1 aliphatic heterocycles. The van der Waals surface area contributed by atoms with Crippen LogP contribution in [0.4, 0.5) is 0 Å². The summed E-state index contributed by atoms with van der Waals surface area (Å²) >= 11 is 0. The zero-order valence-corrected chi connectivity index (χ0v) is 18.5. The second kappa shape index (κ2) is 11.6. The molecule has 2 heterocycles. The van der Waals surface area contributed by atoms with E-state index >= 15 is 0 Å². The van der Waals surface area contributed by atoms with Gasteiger partial charge in [-0.15, -0.1) is 0 Å². The number of hydrogen-bond acceptors (Lipinski definition) is 3. The number of fused-ring (bicyclic) bond motifs is 1. The summed E-state index contributed by atoms with van der Waals surface area (Å²) in [5.74, 6) is 2.22. The number of aromatic nitrogens is 2. The first kappa shape index (κ1) is 22.1. The molecule has 1 aromatic carbocycles. The largest absolute Gasteiger partial charge is 0.357 e. The molecule has 164 valence electrons. The first-order valence-corrected chi connectivity index (χ1v) is 11.4. The lowest BCUT2D eigenvalue weighted by Crippen LogP contribution is -2.38. The predicted molar refractivity (Wildman–Crippen MR) is 123 cm³/mol. The number of nitrogens with one attached hydrogen (secondary N) is 2. The molecule has 0 atom stereocenters. The number of para-hydroxylation sites is 2. The molecule has 7 nitrogen and oxygen atoms in total. The van der Waals surface area contributed by atoms with Gasteiger partial charge >= 0.3 is 0 Å². The van der Waals surface area contributed by atoms with Crippen molar-refractivity contribution in [2.24, 2.45) is 4.99 Å². The first-order chi connectivity index (χ1) is 14.7. The van der Waals surface area contributed by atoms with E-state index in [4.69, 9.17) is 0 Å². The van der Waals surface area contributed by atoms with Gasteiger partial charge in [0.25, 0.3) is 0 Å². The van der Waals surface area contributed by atoms with E-state index in [1.807, 2.05) is 11.0 Å². The van der Waals surface area contributed by atoms with Crippen LogP contribution < -0.4 is 10.6 Å². The van der Waals surface area contributed by atoms with Crippen molar-refractivity contribution in [2.45, 2.75) is 58.9 Å². The summed E-state index contributed by atoms with van der Waals surface area (Å²) in [4.78, 5) is 23.4. The average Bonchev–Trinajstić information content (AvgIpc) is 2.91. The standard InChI is InChI=1S/C23H36N6O/c1-3-24-23(25-14-9-17-28-16-8-4-5-13-22(28)30)26-15-10-18-29-19(2)27-20-11-6-7-12-21(20)29/h6-7,11-12H,3-5,8-10,13-18H2,1-2H3,(H2,24,25,26). The highest BCUT2D eigenvalue weighted by atomic mass is 16.2. The molecular formula is C23H36N6O. The number of carbonyl (C=O) groups excluding carboxylic acids is 1. The Morgan fingerprint density at radius 3 is 2.87 bits per heavy atom. The Balaban J connectivity index is 1.42. The Labute approximate surface area is 180 Å². The van der Waals surface area contributed by atoms with E-state index in [2.05, 4.69) is 57.2 Å². The maximum absolute atomic E-state index is 12.1. The fourth-order valence-electron chi connectivity index (χ4n) is 3.99. The number of carbonyl (C=O) groups is 1. The topological polar surface area (TPSA) is 74.6 Å². The van der Waals surface area contributed by atoms with Gasteiger partial charge in [-0.25, -0.2) is 4.98 Å². The number of amides is 1. The molecule has 1 aromatic heterocycles. The van der Waals surface area contributed by atoms with E-state index < -0.39 is 0 Å². The van der Waals surface area contributed by atoms with Crippen molar-refractivity contribution in [3.8, 4) is 0 Å². The number of aliphatic imine (C=N–C) groups is 1. The van der Waals surface area contributed by atoms with E-state index in [1.54, 1.807) is 0 Å². The fourth-order valence-corrected chi connectivity index (χ4v) is 3.99. The summed E-state index contributed by atoms with van der Waals surface area (Å²) in [5.41, 5.74) is 2.25. The Morgan fingerprint density at radius 2 is 2.00 bits per heavy atom. The molecule has 30 heavy (non-hydrogen) atoms. The number of likely N-dealkylation sites (tertiary alicyclic amines) is 1. The third-order valence-electron chi connectivity index (χ3n) is 5.57. The number of imidazole rings is 1. The minimum absolute atomic E-state index is 0.309. The van der Waals surface area contributed by atoms with Gasteiger partial charge in [-0.3, -0.25) is 9.79 Å². The molecule has 3 rings (SSSR count). The van der Waals surface area contributed by atoms with Crippen LogP contribution >= 0.6 is 0 Å². The number of rotatable bonds is 9. The number of nitrogens with zero attached hydrogens (tertiary/aromatic N) is 4. The van der Waals surface area contributed by atoms with Crippen LogP contribution in [0.25, 0.3) is 11.0 Å². The summed E-state index contributed by atoms with van der Waals surface area (Å²) < 4.78 is 2.28. The second-order valence-electron chi connectivity index (χ2n) is 7.89. The quantitative estimate of drug-likeness (QED) is 0.377. The Bertz CT molecular complexity index is 843. The van der Waals surface area contributed by atoms with E-state index in [0.717, 1.165) is 82.3 Å². The number of benzene rings is 1. The molecule has 2 N–H and O–H groups in total. The monoisotopic (exact) mass is 412 g/mol. The summed E-state index contributed by atoms with van der Waals surface area (Å²) in [7, 11) is 0. The lowest BCUT2D eigenvalue weighted by Gasteiger charge is -2.20. The summed E-state index contributed by atoms with van der Waals surface area (Å²) in [6.45, 7) is 9.20. The van der Waals surface area contributed by atoms with Crippen molar-refractivity contribution in [2.75, 3.05) is 32.7 Å². The molecule has 1 amide bonds. The van der Waals surface area contributed by atoms with Gasteiger partial charge in [-0.2, -0.15) is 0 Å². The SMILES string of the molecule is CCNC(=NCCCN1CCCCCC1=O)NCCCn1c(C)nc2ccccc21. The normalized spacial score (nSPS) is 15.5. The van der Waals surface area contributed by atoms with Gasteiger partial charge in [-0.05, 0) is 51.7 Å². The number of aryl methyl sites for hydroxylation is 2. The summed E-state index contributed by atoms with van der Waals surface area (Å²) in [5, 5.41) is 6.75. The van der Waals surface area contributed by atoms with Crippen LogP contribution in [-0.4, -0.2) is 59.0 Å². The van der Waals surface area contributed by atoms with Gasteiger partial charge in [0, 0.05) is 45.7 Å². The van der Waals surface area contributed by atoms with Crippen LogP contribution in [0.15, 0.2) is 29.3 Å². The minimum atomic E-state index is 0.309. The van der Waals surface area contributed by atoms with Crippen molar-refractivity contribution in [3.63, 3.8) is 0 Å². The molecule has 0 radical (unpaired) electrons. The van der Waals surface area contributed by atoms with Crippen molar-refractivity contribution in [3.05, 3.63) is 30.1 Å². The van der Waals surface area contributed by atoms with Crippen molar-refractivity contribution >= 4 is 22.9 Å². The van der Waals surface area contributed by atoms with Gasteiger partial charge in [0.2, 0.25) is 5.91 Å². The highest BCUT2D eigenvalue weighted by molar-refractivity contribution is 5.79. The highest BCUT2D eigenvalue weighted by Crippen LogP contribution is 2.15. The zero-order chi connectivity index (χ0) is 21.2. The Kier molecular flexibility index (Phi) is 8.53. The molecule has 0 bridgehead atoms. The van der Waals surface area contributed by atoms with E-state index in [-0.39, 0.29) is 0 Å². The molecular weight excluding hydrogens is 376 g/mol. The number of hydrogen-bond donors (Lipinski definition) is 2. The summed E-state index contributed by atoms with van der Waals surface area (Å²) in [6, 6.07) is 8.28. The van der Waals surface area contributed by atoms with E-state index in [9.17, 15) is 4.79 Å². The molecule has 7 heteroatoms. The van der Waals surface area contributed by atoms with Crippen LogP contribution in [-0.2, 0) is 11.3 Å². The highest BCUT2D eigenvalue weighted by Gasteiger charge is 2.15.